The molecule has 0 aromatic rings. The van der Waals surface area contributed by atoms with Crippen LogP contribution >= 0.6 is 0 Å². The van der Waals surface area contributed by atoms with Gasteiger partial charge in [-0.3, -0.25) is 0 Å². The fourth-order valence-electron chi connectivity index (χ4n) is 3.38. The summed E-state index contributed by atoms with van der Waals surface area (Å²) >= 11 is 0. The summed E-state index contributed by atoms with van der Waals surface area (Å²) in [6.45, 7) is 9.80. The summed E-state index contributed by atoms with van der Waals surface area (Å²) in [5.41, 5.74) is 0. The van der Waals surface area contributed by atoms with Crippen LogP contribution in [0.2, 0.25) is 25.7 Å². The molecule has 23 heavy (non-hydrogen) atoms. The first-order chi connectivity index (χ1) is 11.1. The van der Waals surface area contributed by atoms with Crippen molar-refractivity contribution in [2.75, 3.05) is 0 Å². The van der Waals surface area contributed by atoms with E-state index in [1.54, 1.807) is 0 Å². The summed E-state index contributed by atoms with van der Waals surface area (Å²) in [5.74, 6) is 0. The van der Waals surface area contributed by atoms with Crippen molar-refractivity contribution in [1.29, 1.82) is 0 Å². The van der Waals surface area contributed by atoms with Crippen LogP contribution in [0, 0.1) is 0 Å². The Bertz CT molecular complexity index is 217. The molecule has 1 heteroatoms. The molecule has 0 unspecified atom stereocenters. The summed E-state index contributed by atoms with van der Waals surface area (Å²) in [6.07, 6.45) is 25.1. The predicted molar refractivity (Wildman–Crippen MR) is 112 cm³/mol. The van der Waals surface area contributed by atoms with Gasteiger partial charge in [0.2, 0.25) is 0 Å². The average Bonchev–Trinajstić information content (AvgIpc) is 2.49. The number of unbranched alkanes of at least 4 members (excludes halogenated alkanes) is 16. The zero-order valence-electron chi connectivity index (χ0n) is 17.2. The van der Waals surface area contributed by atoms with E-state index in [0.29, 0.717) is 0 Å². The predicted octanol–water partition coefficient (Wildman–Crippen LogP) is 8.98. The van der Waals surface area contributed by atoms with Crippen molar-refractivity contribution in [3.8, 4) is 0 Å². The molecule has 0 aliphatic rings. The quantitative estimate of drug-likeness (QED) is 0.172. The average molecular weight is 341 g/mol. The molecule has 0 heterocycles. The number of hydrogen-bond donors (Lipinski definition) is 0. The first-order valence-corrected chi connectivity index (χ1v) is 14.8. The van der Waals surface area contributed by atoms with Gasteiger partial charge in [-0.15, -0.1) is 0 Å². The normalized spacial score (nSPS) is 12.0. The smallest absolute Gasteiger partial charge is 0.0442 e. The van der Waals surface area contributed by atoms with Gasteiger partial charge in [0.15, 0.2) is 0 Å². The Morgan fingerprint density at radius 2 is 0.652 bits per heavy atom. The van der Waals surface area contributed by atoms with Gasteiger partial charge >= 0.3 is 0 Å². The molecule has 0 rings (SSSR count). The maximum absolute atomic E-state index is 2.50. The van der Waals surface area contributed by atoms with Gasteiger partial charge in [-0.05, 0) is 0 Å². The van der Waals surface area contributed by atoms with E-state index in [0.717, 1.165) is 0 Å². The first-order valence-electron chi connectivity index (χ1n) is 11.1. The molecule has 0 aliphatic carbocycles. The van der Waals surface area contributed by atoms with E-state index in [1.807, 2.05) is 0 Å². The van der Waals surface area contributed by atoms with Gasteiger partial charge in [0.1, 0.15) is 0 Å². The van der Waals surface area contributed by atoms with E-state index in [4.69, 9.17) is 0 Å². The number of hydrogen-bond acceptors (Lipinski definition) is 0. The van der Waals surface area contributed by atoms with Crippen LogP contribution in [0.25, 0.3) is 0 Å². The third kappa shape index (κ3) is 22.2. The molecule has 0 atom stereocenters. The molecule has 0 aromatic heterocycles. The summed E-state index contributed by atoms with van der Waals surface area (Å²) in [7, 11) is -0.766. The van der Waals surface area contributed by atoms with E-state index in [-0.39, 0.29) is 0 Å². The Kier molecular flexibility index (Phi) is 17.2. The van der Waals surface area contributed by atoms with E-state index >= 15 is 0 Å². The molecule has 0 aliphatic heterocycles. The molecular formula is C22H48Si. The summed E-state index contributed by atoms with van der Waals surface area (Å²) < 4.78 is 0. The molecule has 0 saturated carbocycles. The lowest BCUT2D eigenvalue weighted by atomic mass is 10.0. The molecule has 0 aromatic carbocycles. The van der Waals surface area contributed by atoms with Gasteiger partial charge in [-0.1, -0.05) is 142 Å². The van der Waals surface area contributed by atoms with Crippen LogP contribution in [0.15, 0.2) is 0 Å². The first kappa shape index (κ1) is 23.2. The van der Waals surface area contributed by atoms with Crippen LogP contribution in [0.5, 0.6) is 0 Å². The highest BCUT2D eigenvalue weighted by molar-refractivity contribution is 6.76. The molecule has 0 spiro atoms. The highest BCUT2D eigenvalue weighted by Gasteiger charge is 2.11. The molecule has 0 amide bonds. The summed E-state index contributed by atoms with van der Waals surface area (Å²) in [5, 5.41) is 0. The Morgan fingerprint density at radius 1 is 0.391 bits per heavy atom. The summed E-state index contributed by atoms with van der Waals surface area (Å²) in [4.78, 5) is 0. The molecule has 0 N–H and O–H groups in total. The van der Waals surface area contributed by atoms with Crippen molar-refractivity contribution in [2.45, 2.75) is 142 Å². The highest BCUT2D eigenvalue weighted by atomic mass is 28.3. The second kappa shape index (κ2) is 17.1. The van der Waals surface area contributed by atoms with Gasteiger partial charge < -0.3 is 0 Å². The van der Waals surface area contributed by atoms with Gasteiger partial charge in [-0.2, -0.15) is 0 Å². The zero-order chi connectivity index (χ0) is 17.2. The SMILES string of the molecule is CCCCCCCCCCCCCCCCCCC[Si](C)(C)C. The van der Waals surface area contributed by atoms with Crippen molar-refractivity contribution in [3.63, 3.8) is 0 Å². The van der Waals surface area contributed by atoms with Gasteiger partial charge in [0, 0.05) is 8.07 Å². The molecule has 0 fully saturated rings. The second-order valence-corrected chi connectivity index (χ2v) is 14.6. The van der Waals surface area contributed by atoms with Crippen LogP contribution in [0.3, 0.4) is 0 Å². The molecule has 0 radical (unpaired) electrons. The second-order valence-electron chi connectivity index (χ2n) is 8.97. The van der Waals surface area contributed by atoms with Crippen molar-refractivity contribution < 1.29 is 0 Å². The fourth-order valence-corrected chi connectivity index (χ4v) is 4.69. The van der Waals surface area contributed by atoms with Crippen LogP contribution in [0.4, 0.5) is 0 Å². The van der Waals surface area contributed by atoms with Gasteiger partial charge in [-0.25, -0.2) is 0 Å². The largest absolute Gasteiger partial charge is 0.0695 e. The van der Waals surface area contributed by atoms with Gasteiger partial charge in [0.25, 0.3) is 0 Å². The zero-order valence-corrected chi connectivity index (χ0v) is 18.2. The van der Waals surface area contributed by atoms with Crippen molar-refractivity contribution >= 4 is 8.07 Å². The minimum absolute atomic E-state index is 0.766. The fraction of sp³-hybridized carbons (Fsp3) is 1.00. The minimum atomic E-state index is -0.766. The van der Waals surface area contributed by atoms with Crippen molar-refractivity contribution in [3.05, 3.63) is 0 Å². The van der Waals surface area contributed by atoms with Crippen LogP contribution < -0.4 is 0 Å². The van der Waals surface area contributed by atoms with Crippen LogP contribution in [-0.2, 0) is 0 Å². The van der Waals surface area contributed by atoms with E-state index in [2.05, 4.69) is 26.6 Å². The lowest BCUT2D eigenvalue weighted by molar-refractivity contribution is 0.528. The van der Waals surface area contributed by atoms with Crippen molar-refractivity contribution in [2.24, 2.45) is 0 Å². The Hall–Kier alpha value is 0.217. The van der Waals surface area contributed by atoms with Crippen LogP contribution in [-0.4, -0.2) is 8.07 Å². The Morgan fingerprint density at radius 3 is 0.913 bits per heavy atom. The lowest BCUT2D eigenvalue weighted by Gasteiger charge is -2.14. The molecule has 0 saturated heterocycles. The molecular weight excluding hydrogens is 292 g/mol. The third-order valence-electron chi connectivity index (χ3n) is 5.03. The molecule has 0 nitrogen and oxygen atoms in total. The molecule has 0 bridgehead atoms. The maximum Gasteiger partial charge on any atom is 0.0442 e. The lowest BCUT2D eigenvalue weighted by Crippen LogP contribution is -2.18. The minimum Gasteiger partial charge on any atom is -0.0695 e. The van der Waals surface area contributed by atoms with Crippen LogP contribution in [0.1, 0.15) is 116 Å². The molecule has 140 valence electrons. The maximum atomic E-state index is 2.50. The summed E-state index contributed by atoms with van der Waals surface area (Å²) in [6, 6.07) is 1.53. The highest BCUT2D eigenvalue weighted by Crippen LogP contribution is 2.17. The van der Waals surface area contributed by atoms with Gasteiger partial charge in [0.05, 0.1) is 0 Å². The topological polar surface area (TPSA) is 0 Å². The van der Waals surface area contributed by atoms with E-state index < -0.39 is 8.07 Å². The van der Waals surface area contributed by atoms with Crippen molar-refractivity contribution in [1.82, 2.24) is 0 Å². The number of rotatable bonds is 18. The third-order valence-corrected chi connectivity index (χ3v) is 6.88. The Balaban J connectivity index is 3.00. The monoisotopic (exact) mass is 340 g/mol. The van der Waals surface area contributed by atoms with E-state index in [1.165, 1.54) is 115 Å². The van der Waals surface area contributed by atoms with E-state index in [9.17, 15) is 0 Å². The Labute approximate surface area is 150 Å². The standard InChI is InChI=1S/C22H48Si/c1-5-6-7-8-9-10-11-12-13-14-15-16-17-18-19-20-21-22-23(2,3)4/h5-22H2,1-4H3.